The van der Waals surface area contributed by atoms with E-state index in [2.05, 4.69) is 18.2 Å². The highest BCUT2D eigenvalue weighted by molar-refractivity contribution is 5.81. The molecule has 0 saturated heterocycles. The Bertz CT molecular complexity index is 671. The van der Waals surface area contributed by atoms with E-state index in [9.17, 15) is 4.79 Å². The van der Waals surface area contributed by atoms with E-state index in [1.165, 1.54) is 11.1 Å². The van der Waals surface area contributed by atoms with E-state index in [4.69, 9.17) is 14.2 Å². The molecular weight excluding hydrogens is 268 g/mol. The molecule has 0 aromatic heterocycles. The van der Waals surface area contributed by atoms with Crippen LogP contribution in [-0.4, -0.2) is 13.1 Å². The lowest BCUT2D eigenvalue weighted by Crippen LogP contribution is -1.99. The third-order valence-electron chi connectivity index (χ3n) is 3.31. The number of carbonyl (C=O) groups excluding carboxylic acids is 1. The Kier molecular flexibility index (Phi) is 3.52. The molecule has 0 aliphatic carbocycles. The Labute approximate surface area is 123 Å². The quantitative estimate of drug-likeness (QED) is 0.807. The van der Waals surface area contributed by atoms with Gasteiger partial charge in [0.05, 0.1) is 5.56 Å². The summed E-state index contributed by atoms with van der Waals surface area (Å²) in [5, 5.41) is 0. The van der Waals surface area contributed by atoms with E-state index >= 15 is 0 Å². The molecule has 4 nitrogen and oxygen atoms in total. The van der Waals surface area contributed by atoms with Crippen LogP contribution in [0, 0.1) is 13.8 Å². The first kappa shape index (κ1) is 13.5. The zero-order chi connectivity index (χ0) is 14.8. The number of benzene rings is 2. The minimum Gasteiger partial charge on any atom is -0.488 e. The Balaban J connectivity index is 1.83. The van der Waals surface area contributed by atoms with E-state index in [0.717, 1.165) is 11.8 Å². The van der Waals surface area contributed by atoms with E-state index in [1.807, 2.05) is 13.8 Å². The second-order valence-electron chi connectivity index (χ2n) is 5.15. The number of fused-ring (bicyclic) bond motifs is 1. The van der Waals surface area contributed by atoms with Crippen LogP contribution in [0.4, 0.5) is 0 Å². The Hall–Kier alpha value is -2.49. The second-order valence-corrected chi connectivity index (χ2v) is 5.15. The van der Waals surface area contributed by atoms with Crippen LogP contribution in [0.2, 0.25) is 0 Å². The molecule has 0 saturated carbocycles. The van der Waals surface area contributed by atoms with Gasteiger partial charge in [-0.2, -0.15) is 0 Å². The van der Waals surface area contributed by atoms with Crippen LogP contribution in [0.1, 0.15) is 27.0 Å². The summed E-state index contributed by atoms with van der Waals surface area (Å²) < 4.78 is 16.3. The van der Waals surface area contributed by atoms with Gasteiger partial charge in [0.25, 0.3) is 0 Å². The molecule has 1 heterocycles. The predicted molar refractivity (Wildman–Crippen MR) is 78.2 cm³/mol. The van der Waals surface area contributed by atoms with Crippen molar-refractivity contribution in [2.45, 2.75) is 20.5 Å². The second kappa shape index (κ2) is 5.48. The highest BCUT2D eigenvalue weighted by Crippen LogP contribution is 2.37. The van der Waals surface area contributed by atoms with Gasteiger partial charge in [0.15, 0.2) is 17.8 Å². The maximum absolute atomic E-state index is 11.2. The molecule has 0 atom stereocenters. The van der Waals surface area contributed by atoms with Crippen LogP contribution in [-0.2, 0) is 6.61 Å². The van der Waals surface area contributed by atoms with E-state index in [0.29, 0.717) is 29.4 Å². The molecule has 2 aromatic rings. The molecule has 21 heavy (non-hydrogen) atoms. The molecule has 0 unspecified atom stereocenters. The lowest BCUT2D eigenvalue weighted by Gasteiger charge is -2.10. The molecule has 1 aliphatic heterocycles. The fraction of sp³-hybridized carbons (Fsp3) is 0.235. The normalized spacial score (nSPS) is 12.3. The zero-order valence-electron chi connectivity index (χ0n) is 12.0. The first-order valence-corrected chi connectivity index (χ1v) is 6.74. The fourth-order valence-electron chi connectivity index (χ4n) is 2.47. The van der Waals surface area contributed by atoms with Crippen molar-refractivity contribution in [3.05, 3.63) is 52.6 Å². The number of rotatable bonds is 4. The van der Waals surface area contributed by atoms with Crippen molar-refractivity contribution >= 4 is 6.29 Å². The Morgan fingerprint density at radius 3 is 2.38 bits per heavy atom. The van der Waals surface area contributed by atoms with Crippen LogP contribution in [0.25, 0.3) is 0 Å². The number of hydrogen-bond acceptors (Lipinski definition) is 4. The average molecular weight is 284 g/mol. The molecular formula is C17H16O4. The van der Waals surface area contributed by atoms with Crippen LogP contribution >= 0.6 is 0 Å². The maximum atomic E-state index is 11.2. The molecule has 3 rings (SSSR count). The summed E-state index contributed by atoms with van der Waals surface area (Å²) in [6, 6.07) is 9.60. The monoisotopic (exact) mass is 284 g/mol. The summed E-state index contributed by atoms with van der Waals surface area (Å²) in [4.78, 5) is 11.2. The number of ether oxygens (including phenoxy) is 3. The van der Waals surface area contributed by atoms with Gasteiger partial charge in [0.2, 0.25) is 6.79 Å². The summed E-state index contributed by atoms with van der Waals surface area (Å²) in [5.74, 6) is 1.69. The van der Waals surface area contributed by atoms with Crippen LogP contribution < -0.4 is 14.2 Å². The number of hydrogen-bond donors (Lipinski definition) is 0. The Morgan fingerprint density at radius 1 is 1.05 bits per heavy atom. The molecule has 1 aliphatic rings. The molecule has 0 N–H and O–H groups in total. The van der Waals surface area contributed by atoms with Gasteiger partial charge in [-0.3, -0.25) is 4.79 Å². The molecule has 0 radical (unpaired) electrons. The number of aldehydes is 1. The van der Waals surface area contributed by atoms with Crippen molar-refractivity contribution < 1.29 is 19.0 Å². The zero-order valence-corrected chi connectivity index (χ0v) is 12.0. The first-order chi connectivity index (χ1) is 10.2. The third-order valence-corrected chi connectivity index (χ3v) is 3.31. The highest BCUT2D eigenvalue weighted by atomic mass is 16.7. The summed E-state index contributed by atoms with van der Waals surface area (Å²) in [6.45, 7) is 4.68. The molecule has 0 fully saturated rings. The van der Waals surface area contributed by atoms with Crippen molar-refractivity contribution in [3.8, 4) is 17.2 Å². The van der Waals surface area contributed by atoms with Gasteiger partial charge in [-0.25, -0.2) is 0 Å². The van der Waals surface area contributed by atoms with Crippen LogP contribution in [0.3, 0.4) is 0 Å². The number of aryl methyl sites for hydroxylation is 2. The smallest absolute Gasteiger partial charge is 0.231 e. The molecule has 0 bridgehead atoms. The van der Waals surface area contributed by atoms with E-state index < -0.39 is 0 Å². The minimum absolute atomic E-state index is 0.175. The SMILES string of the molecule is Cc1cc(C)cc(COc2cc3c(cc2C=O)OCO3)c1. The summed E-state index contributed by atoms with van der Waals surface area (Å²) in [7, 11) is 0. The van der Waals surface area contributed by atoms with Crippen molar-refractivity contribution in [2.24, 2.45) is 0 Å². The highest BCUT2D eigenvalue weighted by Gasteiger charge is 2.17. The van der Waals surface area contributed by atoms with Crippen molar-refractivity contribution in [1.82, 2.24) is 0 Å². The van der Waals surface area contributed by atoms with Gasteiger partial charge in [0, 0.05) is 6.07 Å². The maximum Gasteiger partial charge on any atom is 0.231 e. The lowest BCUT2D eigenvalue weighted by molar-refractivity contribution is 0.111. The van der Waals surface area contributed by atoms with Gasteiger partial charge < -0.3 is 14.2 Å². The molecule has 0 amide bonds. The average Bonchev–Trinajstić information content (AvgIpc) is 2.90. The minimum atomic E-state index is 0.175. The molecule has 4 heteroatoms. The van der Waals surface area contributed by atoms with Gasteiger partial charge in [-0.1, -0.05) is 29.3 Å². The fourth-order valence-corrected chi connectivity index (χ4v) is 2.47. The first-order valence-electron chi connectivity index (χ1n) is 6.74. The Morgan fingerprint density at radius 2 is 1.71 bits per heavy atom. The van der Waals surface area contributed by atoms with E-state index in [1.54, 1.807) is 12.1 Å². The summed E-state index contributed by atoms with van der Waals surface area (Å²) in [5.41, 5.74) is 3.91. The number of carbonyl (C=O) groups is 1. The summed E-state index contributed by atoms with van der Waals surface area (Å²) in [6.07, 6.45) is 0.763. The standard InChI is InChI=1S/C17H16O4/c1-11-3-12(2)5-13(4-11)9-19-15-7-17-16(20-10-21-17)6-14(15)8-18/h3-8H,9-10H2,1-2H3. The predicted octanol–water partition coefficient (Wildman–Crippen LogP) is 3.42. The van der Waals surface area contributed by atoms with Crippen molar-refractivity contribution in [2.75, 3.05) is 6.79 Å². The van der Waals surface area contributed by atoms with E-state index in [-0.39, 0.29) is 6.79 Å². The van der Waals surface area contributed by atoms with Crippen molar-refractivity contribution in [1.29, 1.82) is 0 Å². The molecule has 2 aromatic carbocycles. The topological polar surface area (TPSA) is 44.8 Å². The van der Waals surface area contributed by atoms with Gasteiger partial charge in [0.1, 0.15) is 12.4 Å². The van der Waals surface area contributed by atoms with Crippen LogP contribution in [0.5, 0.6) is 17.2 Å². The van der Waals surface area contributed by atoms with Crippen LogP contribution in [0.15, 0.2) is 30.3 Å². The van der Waals surface area contributed by atoms with Gasteiger partial charge in [-0.15, -0.1) is 0 Å². The molecule has 0 spiro atoms. The third kappa shape index (κ3) is 2.84. The van der Waals surface area contributed by atoms with Gasteiger partial charge >= 0.3 is 0 Å². The van der Waals surface area contributed by atoms with Crippen molar-refractivity contribution in [3.63, 3.8) is 0 Å². The van der Waals surface area contributed by atoms with Gasteiger partial charge in [-0.05, 0) is 25.5 Å². The summed E-state index contributed by atoms with van der Waals surface area (Å²) >= 11 is 0. The lowest BCUT2D eigenvalue weighted by atomic mass is 10.1. The molecule has 108 valence electrons. The largest absolute Gasteiger partial charge is 0.488 e.